The van der Waals surface area contributed by atoms with Crippen molar-refractivity contribution < 1.29 is 4.74 Å². The summed E-state index contributed by atoms with van der Waals surface area (Å²) in [7, 11) is 0. The normalized spacial score (nSPS) is 21.6. The van der Waals surface area contributed by atoms with Crippen LogP contribution < -0.4 is 4.90 Å². The van der Waals surface area contributed by atoms with Gasteiger partial charge in [-0.1, -0.05) is 6.92 Å². The summed E-state index contributed by atoms with van der Waals surface area (Å²) in [6.45, 7) is 7.50. The second-order valence-electron chi connectivity index (χ2n) is 6.94. The lowest BCUT2D eigenvalue weighted by Gasteiger charge is -2.27. The molecule has 1 aliphatic heterocycles. The first-order valence-corrected chi connectivity index (χ1v) is 9.52. The number of morpholine rings is 1. The van der Waals surface area contributed by atoms with Crippen molar-refractivity contribution in [2.45, 2.75) is 33.1 Å². The van der Waals surface area contributed by atoms with Crippen molar-refractivity contribution in [1.29, 1.82) is 0 Å². The molecule has 0 bridgehead atoms. The first-order chi connectivity index (χ1) is 11.7. The topological polar surface area (TPSA) is 55.5 Å². The zero-order valence-corrected chi connectivity index (χ0v) is 14.9. The first-order valence-electron chi connectivity index (χ1n) is 8.71. The molecule has 2 aliphatic rings. The Morgan fingerprint density at radius 1 is 1.21 bits per heavy atom. The Morgan fingerprint density at radius 2 is 2.04 bits per heavy atom. The summed E-state index contributed by atoms with van der Waals surface area (Å²) >= 11 is 1.85. The fourth-order valence-corrected chi connectivity index (χ4v) is 5.08. The van der Waals surface area contributed by atoms with Crippen LogP contribution in [0.3, 0.4) is 0 Å². The van der Waals surface area contributed by atoms with Gasteiger partial charge in [0.05, 0.1) is 18.6 Å². The minimum Gasteiger partial charge on any atom is -0.378 e. The molecule has 1 fully saturated rings. The van der Waals surface area contributed by atoms with Crippen LogP contribution in [-0.4, -0.2) is 45.9 Å². The molecule has 5 rings (SSSR count). The quantitative estimate of drug-likeness (QED) is 0.680. The molecule has 1 saturated heterocycles. The molecule has 0 saturated carbocycles. The van der Waals surface area contributed by atoms with E-state index in [1.165, 1.54) is 28.7 Å². The molecule has 24 heavy (non-hydrogen) atoms. The Labute approximate surface area is 144 Å². The van der Waals surface area contributed by atoms with Crippen molar-refractivity contribution in [2.75, 3.05) is 31.2 Å². The fourth-order valence-electron chi connectivity index (χ4n) is 3.88. The highest BCUT2D eigenvalue weighted by Gasteiger charge is 2.26. The van der Waals surface area contributed by atoms with Gasteiger partial charge in [0.15, 0.2) is 5.65 Å². The van der Waals surface area contributed by atoms with Crippen LogP contribution in [0.25, 0.3) is 15.9 Å². The lowest BCUT2D eigenvalue weighted by Crippen LogP contribution is -2.38. The van der Waals surface area contributed by atoms with Gasteiger partial charge in [-0.05, 0) is 37.7 Å². The van der Waals surface area contributed by atoms with E-state index >= 15 is 0 Å². The monoisotopic (exact) mass is 343 g/mol. The highest BCUT2D eigenvalue weighted by molar-refractivity contribution is 7.19. The molecule has 1 atom stereocenters. The van der Waals surface area contributed by atoms with Crippen LogP contribution in [0.4, 0.5) is 5.95 Å². The molecule has 0 unspecified atom stereocenters. The Morgan fingerprint density at radius 3 is 2.88 bits per heavy atom. The van der Waals surface area contributed by atoms with Crippen LogP contribution in [0.15, 0.2) is 0 Å². The SMILES string of the molecule is Cc1nc2c3c4c(sc3nc(N3CCOCC3)n2n1)CC[C@@H](C)C4. The number of nitrogens with zero attached hydrogens (tertiary/aromatic N) is 5. The maximum Gasteiger partial charge on any atom is 0.230 e. The molecule has 0 N–H and O–H groups in total. The first kappa shape index (κ1) is 14.6. The second kappa shape index (κ2) is 5.39. The van der Waals surface area contributed by atoms with Crippen LogP contribution in [-0.2, 0) is 17.6 Å². The molecule has 3 aromatic heterocycles. The standard InChI is InChI=1S/C17H21N5OS/c1-10-3-4-13-12(9-10)14-15-18-11(2)20-22(15)17(19-16(14)24-13)21-5-7-23-8-6-21/h10H,3-9H2,1-2H3/t10-/m1/s1. The Bertz CT molecular complexity index is 924. The average molecular weight is 343 g/mol. The van der Waals surface area contributed by atoms with Gasteiger partial charge in [-0.15, -0.1) is 16.4 Å². The van der Waals surface area contributed by atoms with Crippen LogP contribution in [0.2, 0.25) is 0 Å². The van der Waals surface area contributed by atoms with E-state index in [2.05, 4.69) is 16.9 Å². The lowest BCUT2D eigenvalue weighted by atomic mass is 9.89. The maximum absolute atomic E-state index is 5.49. The summed E-state index contributed by atoms with van der Waals surface area (Å²) in [5, 5.41) is 5.89. The molecule has 0 amide bonds. The molecule has 126 valence electrons. The molecule has 7 heteroatoms. The van der Waals surface area contributed by atoms with Crippen molar-refractivity contribution in [3.8, 4) is 0 Å². The predicted molar refractivity (Wildman–Crippen MR) is 95.1 cm³/mol. The van der Waals surface area contributed by atoms with Gasteiger partial charge in [0.2, 0.25) is 5.95 Å². The van der Waals surface area contributed by atoms with Crippen LogP contribution in [0, 0.1) is 12.8 Å². The third-order valence-corrected chi connectivity index (χ3v) is 6.30. The van der Waals surface area contributed by atoms with Crippen molar-refractivity contribution in [2.24, 2.45) is 5.92 Å². The van der Waals surface area contributed by atoms with E-state index in [0.29, 0.717) is 0 Å². The number of aryl methyl sites for hydroxylation is 2. The summed E-state index contributed by atoms with van der Waals surface area (Å²) in [5.41, 5.74) is 2.44. The molecule has 4 heterocycles. The minimum atomic E-state index is 0.735. The van der Waals surface area contributed by atoms with E-state index in [-0.39, 0.29) is 0 Å². The number of ether oxygens (including phenoxy) is 1. The highest BCUT2D eigenvalue weighted by Crippen LogP contribution is 2.39. The van der Waals surface area contributed by atoms with E-state index in [4.69, 9.17) is 14.7 Å². The van der Waals surface area contributed by atoms with Gasteiger partial charge < -0.3 is 9.64 Å². The molecule has 0 aromatic carbocycles. The van der Waals surface area contributed by atoms with E-state index in [9.17, 15) is 0 Å². The Balaban J connectivity index is 1.78. The number of hydrogen-bond donors (Lipinski definition) is 0. The van der Waals surface area contributed by atoms with Gasteiger partial charge in [-0.25, -0.2) is 9.97 Å². The van der Waals surface area contributed by atoms with E-state index in [0.717, 1.165) is 60.9 Å². The summed E-state index contributed by atoms with van der Waals surface area (Å²) in [6.07, 6.45) is 3.58. The van der Waals surface area contributed by atoms with E-state index in [1.807, 2.05) is 22.8 Å². The molecule has 0 spiro atoms. The molecule has 6 nitrogen and oxygen atoms in total. The van der Waals surface area contributed by atoms with E-state index < -0.39 is 0 Å². The third-order valence-electron chi connectivity index (χ3n) is 5.11. The summed E-state index contributed by atoms with van der Waals surface area (Å²) in [4.78, 5) is 14.7. The molecule has 1 aliphatic carbocycles. The molecular weight excluding hydrogens is 322 g/mol. The fraction of sp³-hybridized carbons (Fsp3) is 0.588. The number of thiophene rings is 1. The second-order valence-corrected chi connectivity index (χ2v) is 8.02. The smallest absolute Gasteiger partial charge is 0.230 e. The largest absolute Gasteiger partial charge is 0.378 e. The van der Waals surface area contributed by atoms with Crippen LogP contribution in [0.1, 0.15) is 29.6 Å². The van der Waals surface area contributed by atoms with Crippen molar-refractivity contribution in [3.05, 3.63) is 16.3 Å². The molecular formula is C17H21N5OS. The summed E-state index contributed by atoms with van der Waals surface area (Å²) in [5.74, 6) is 2.45. The average Bonchev–Trinajstić information content (AvgIpc) is 3.14. The Hall–Kier alpha value is -1.73. The summed E-state index contributed by atoms with van der Waals surface area (Å²) < 4.78 is 7.45. The third kappa shape index (κ3) is 2.14. The van der Waals surface area contributed by atoms with Gasteiger partial charge in [-0.2, -0.15) is 4.52 Å². The van der Waals surface area contributed by atoms with Crippen molar-refractivity contribution in [3.63, 3.8) is 0 Å². The van der Waals surface area contributed by atoms with Crippen LogP contribution >= 0.6 is 11.3 Å². The molecule has 3 aromatic rings. The van der Waals surface area contributed by atoms with Crippen molar-refractivity contribution in [1.82, 2.24) is 19.6 Å². The number of aromatic nitrogens is 4. The predicted octanol–water partition coefficient (Wildman–Crippen LogP) is 2.61. The highest BCUT2D eigenvalue weighted by atomic mass is 32.1. The van der Waals surface area contributed by atoms with Gasteiger partial charge in [0.1, 0.15) is 10.7 Å². The Kier molecular flexibility index (Phi) is 3.28. The molecule has 0 radical (unpaired) electrons. The lowest BCUT2D eigenvalue weighted by molar-refractivity contribution is 0.122. The van der Waals surface area contributed by atoms with Crippen LogP contribution in [0.5, 0.6) is 0 Å². The minimum absolute atomic E-state index is 0.735. The number of hydrogen-bond acceptors (Lipinski definition) is 6. The number of rotatable bonds is 1. The number of fused-ring (bicyclic) bond motifs is 5. The van der Waals surface area contributed by atoms with Gasteiger partial charge in [0, 0.05) is 18.0 Å². The van der Waals surface area contributed by atoms with Gasteiger partial charge >= 0.3 is 0 Å². The van der Waals surface area contributed by atoms with Crippen molar-refractivity contribution >= 4 is 33.1 Å². The zero-order chi connectivity index (χ0) is 16.3. The number of anilines is 1. The maximum atomic E-state index is 5.49. The van der Waals surface area contributed by atoms with Gasteiger partial charge in [0.25, 0.3) is 0 Å². The summed E-state index contributed by atoms with van der Waals surface area (Å²) in [6, 6.07) is 0. The van der Waals surface area contributed by atoms with Gasteiger partial charge in [-0.3, -0.25) is 0 Å². The zero-order valence-electron chi connectivity index (χ0n) is 14.1. The van der Waals surface area contributed by atoms with E-state index in [1.54, 1.807) is 0 Å².